The molecule has 4 rings (SSSR count). The van der Waals surface area contributed by atoms with E-state index in [0.29, 0.717) is 40.6 Å². The second-order valence-electron chi connectivity index (χ2n) is 10.2. The van der Waals surface area contributed by atoms with Crippen molar-refractivity contribution < 1.29 is 28.8 Å². The predicted octanol–water partition coefficient (Wildman–Crippen LogP) is 2.78. The van der Waals surface area contributed by atoms with Crippen LogP contribution in [0.5, 0.6) is 11.5 Å². The first kappa shape index (κ1) is 25.9. The number of aromatic amines is 1. The SMILES string of the molecule is COc1cc(C2C(C(=O)Nc3cc(C)cc[nH+]3)=C(C)NC3=CC(C)(C)CC(=O)C32)ccc1OCC(N)=O. The van der Waals surface area contributed by atoms with Gasteiger partial charge in [-0.05, 0) is 48.6 Å². The minimum Gasteiger partial charge on any atom is -0.493 e. The standard InChI is InChI=1S/C28H32N4O5/c1-15-8-9-30-23(10-15)32-27(35)24-16(2)31-18-12-28(3,4)13-19(33)26(18)25(24)17-6-7-20(21(11-17)36-5)37-14-22(29)34/h6-12,25-26,31H,13-14H2,1-5H3,(H2,29,34)(H,30,32,35)/p+1. The highest BCUT2D eigenvalue weighted by Gasteiger charge is 2.46. The van der Waals surface area contributed by atoms with E-state index in [1.54, 1.807) is 24.4 Å². The Morgan fingerprint density at radius 1 is 1.16 bits per heavy atom. The molecule has 9 heteroatoms. The van der Waals surface area contributed by atoms with Crippen molar-refractivity contribution in [1.29, 1.82) is 0 Å². The number of hydrogen-bond acceptors (Lipinski definition) is 6. The van der Waals surface area contributed by atoms with Crippen LogP contribution in [0.1, 0.15) is 44.2 Å². The molecule has 2 unspecified atom stereocenters. The number of nitrogens with one attached hydrogen (secondary N) is 3. The fraction of sp³-hybridized carbons (Fsp3) is 0.357. The molecule has 2 amide bonds. The number of ketones is 1. The van der Waals surface area contributed by atoms with Gasteiger partial charge in [0.2, 0.25) is 0 Å². The van der Waals surface area contributed by atoms with Gasteiger partial charge in [0.1, 0.15) is 5.78 Å². The Morgan fingerprint density at radius 3 is 2.59 bits per heavy atom. The van der Waals surface area contributed by atoms with E-state index >= 15 is 0 Å². The van der Waals surface area contributed by atoms with Gasteiger partial charge in [-0.15, -0.1) is 0 Å². The molecule has 0 radical (unpaired) electrons. The summed E-state index contributed by atoms with van der Waals surface area (Å²) < 4.78 is 11.0. The monoisotopic (exact) mass is 505 g/mol. The molecule has 0 saturated carbocycles. The van der Waals surface area contributed by atoms with Gasteiger partial charge >= 0.3 is 5.91 Å². The number of nitrogens with two attached hydrogens (primary N) is 1. The molecule has 0 spiro atoms. The highest BCUT2D eigenvalue weighted by molar-refractivity contribution is 6.06. The average Bonchev–Trinajstić information content (AvgIpc) is 2.80. The van der Waals surface area contributed by atoms with Crippen LogP contribution >= 0.6 is 0 Å². The number of amides is 2. The number of benzene rings is 1. The zero-order valence-electron chi connectivity index (χ0n) is 21.7. The average molecular weight is 506 g/mol. The first-order valence-electron chi connectivity index (χ1n) is 12.1. The van der Waals surface area contributed by atoms with Gasteiger partial charge in [0.05, 0.1) is 24.8 Å². The first-order chi connectivity index (χ1) is 17.5. The molecule has 37 heavy (non-hydrogen) atoms. The number of pyridine rings is 1. The molecule has 194 valence electrons. The summed E-state index contributed by atoms with van der Waals surface area (Å²) in [6, 6.07) is 8.94. The summed E-state index contributed by atoms with van der Waals surface area (Å²) in [6.45, 7) is 7.52. The molecular weight excluding hydrogens is 472 g/mol. The molecule has 9 nitrogen and oxygen atoms in total. The Balaban J connectivity index is 1.82. The fourth-order valence-electron chi connectivity index (χ4n) is 5.12. The van der Waals surface area contributed by atoms with Crippen LogP contribution in [0.2, 0.25) is 0 Å². The van der Waals surface area contributed by atoms with Gasteiger partial charge in [-0.3, -0.25) is 9.59 Å². The maximum atomic E-state index is 13.7. The van der Waals surface area contributed by atoms with E-state index in [0.717, 1.165) is 11.3 Å². The van der Waals surface area contributed by atoms with Crippen molar-refractivity contribution in [2.75, 3.05) is 19.0 Å². The number of methoxy groups -OCH3 is 1. The number of fused-ring (bicyclic) bond motifs is 1. The number of allylic oxidation sites excluding steroid dienone is 3. The molecule has 1 aliphatic carbocycles. The number of anilines is 1. The second kappa shape index (κ2) is 10.1. The van der Waals surface area contributed by atoms with Crippen molar-refractivity contribution in [1.82, 2.24) is 5.32 Å². The van der Waals surface area contributed by atoms with Crippen LogP contribution in [0.15, 0.2) is 59.6 Å². The number of ether oxygens (including phenoxy) is 2. The molecule has 0 bridgehead atoms. The Kier molecular flexibility index (Phi) is 7.07. The van der Waals surface area contributed by atoms with Gasteiger partial charge in [0.15, 0.2) is 18.1 Å². The lowest BCUT2D eigenvalue weighted by atomic mass is 9.66. The van der Waals surface area contributed by atoms with Gasteiger partial charge in [-0.2, -0.15) is 0 Å². The number of rotatable bonds is 7. The smallest absolute Gasteiger partial charge is 0.337 e. The van der Waals surface area contributed by atoms with Crippen LogP contribution in [0.4, 0.5) is 5.82 Å². The lowest BCUT2D eigenvalue weighted by molar-refractivity contribution is -0.360. The van der Waals surface area contributed by atoms with Gasteiger partial charge in [-0.25, -0.2) is 15.1 Å². The van der Waals surface area contributed by atoms with Crippen molar-refractivity contribution in [2.24, 2.45) is 17.1 Å². The number of carbonyl (C=O) groups is 3. The molecule has 2 heterocycles. The maximum Gasteiger partial charge on any atom is 0.337 e. The van der Waals surface area contributed by atoms with Gasteiger partial charge in [0, 0.05) is 29.8 Å². The summed E-state index contributed by atoms with van der Waals surface area (Å²) in [5.74, 6) is -0.757. The molecule has 1 aliphatic heterocycles. The van der Waals surface area contributed by atoms with E-state index in [-0.39, 0.29) is 23.7 Å². The molecule has 2 aromatic rings. The minimum absolute atomic E-state index is 0.0490. The van der Waals surface area contributed by atoms with E-state index in [9.17, 15) is 14.4 Å². The Bertz CT molecular complexity index is 1330. The highest BCUT2D eigenvalue weighted by Crippen LogP contribution is 2.48. The third-order valence-corrected chi connectivity index (χ3v) is 6.60. The predicted molar refractivity (Wildman–Crippen MR) is 138 cm³/mol. The Labute approximate surface area is 216 Å². The topological polar surface area (TPSA) is 134 Å². The van der Waals surface area contributed by atoms with Crippen molar-refractivity contribution in [3.63, 3.8) is 0 Å². The third kappa shape index (κ3) is 5.50. The zero-order valence-corrected chi connectivity index (χ0v) is 21.7. The van der Waals surface area contributed by atoms with Gasteiger partial charge in [-0.1, -0.05) is 26.0 Å². The molecule has 2 aliphatic rings. The molecule has 5 N–H and O–H groups in total. The molecule has 0 saturated heterocycles. The van der Waals surface area contributed by atoms with E-state index < -0.39 is 17.7 Å². The summed E-state index contributed by atoms with van der Waals surface area (Å²) in [4.78, 5) is 41.5. The fourth-order valence-corrected chi connectivity index (χ4v) is 5.12. The number of primary amides is 1. The molecule has 1 aromatic carbocycles. The summed E-state index contributed by atoms with van der Waals surface area (Å²) in [5.41, 5.74) is 8.53. The lowest BCUT2D eigenvalue weighted by Gasteiger charge is -2.41. The van der Waals surface area contributed by atoms with Crippen molar-refractivity contribution in [2.45, 2.75) is 40.0 Å². The summed E-state index contributed by atoms with van der Waals surface area (Å²) in [6.07, 6.45) is 4.20. The summed E-state index contributed by atoms with van der Waals surface area (Å²) >= 11 is 0. The van der Waals surface area contributed by atoms with Gasteiger partial charge in [0.25, 0.3) is 11.7 Å². The number of hydrogen-bond donors (Lipinski definition) is 3. The summed E-state index contributed by atoms with van der Waals surface area (Å²) in [7, 11) is 1.49. The van der Waals surface area contributed by atoms with Crippen LogP contribution in [0, 0.1) is 18.3 Å². The van der Waals surface area contributed by atoms with E-state index in [4.69, 9.17) is 15.2 Å². The van der Waals surface area contributed by atoms with E-state index in [2.05, 4.69) is 21.7 Å². The van der Waals surface area contributed by atoms with E-state index in [1.165, 1.54) is 7.11 Å². The number of H-pyrrole nitrogens is 1. The van der Waals surface area contributed by atoms with Crippen LogP contribution in [-0.4, -0.2) is 31.3 Å². The summed E-state index contributed by atoms with van der Waals surface area (Å²) in [5, 5.41) is 6.30. The number of aryl methyl sites for hydroxylation is 1. The van der Waals surface area contributed by atoms with Crippen LogP contribution in [0.3, 0.4) is 0 Å². The zero-order chi connectivity index (χ0) is 26.9. The van der Waals surface area contributed by atoms with Crippen molar-refractivity contribution >= 4 is 23.4 Å². The Hall–Kier alpha value is -4.14. The first-order valence-corrected chi connectivity index (χ1v) is 12.1. The minimum atomic E-state index is -0.611. The van der Waals surface area contributed by atoms with Crippen molar-refractivity contribution in [3.8, 4) is 11.5 Å². The van der Waals surface area contributed by atoms with Crippen LogP contribution < -0.4 is 30.8 Å². The van der Waals surface area contributed by atoms with Crippen LogP contribution in [0.25, 0.3) is 0 Å². The van der Waals surface area contributed by atoms with Crippen LogP contribution in [-0.2, 0) is 14.4 Å². The third-order valence-electron chi connectivity index (χ3n) is 6.60. The number of aromatic nitrogens is 1. The van der Waals surface area contributed by atoms with Gasteiger partial charge < -0.3 is 20.5 Å². The quantitative estimate of drug-likeness (QED) is 0.530. The van der Waals surface area contributed by atoms with Crippen molar-refractivity contribution in [3.05, 3.63) is 70.7 Å². The normalized spacial score (nSPS) is 20.4. The largest absolute Gasteiger partial charge is 0.493 e. The maximum absolute atomic E-state index is 13.7. The van der Waals surface area contributed by atoms with E-state index in [1.807, 2.05) is 39.8 Å². The highest BCUT2D eigenvalue weighted by atomic mass is 16.5. The second-order valence-corrected chi connectivity index (χ2v) is 10.2. The number of Topliss-reactive ketones (excluding diaryl/α,β-unsaturated/α-hetero) is 1. The Morgan fingerprint density at radius 2 is 1.92 bits per heavy atom. The molecular formula is C28H33N4O5+. The molecule has 0 fully saturated rings. The molecule has 2 atom stereocenters. The lowest BCUT2D eigenvalue weighted by Crippen LogP contribution is -2.44. The number of carbonyl (C=O) groups excluding carboxylic acids is 3. The molecule has 1 aromatic heterocycles.